The Hall–Kier alpha value is -1.86. The predicted octanol–water partition coefficient (Wildman–Crippen LogP) is 2.09. The number of benzene rings is 1. The van der Waals surface area contributed by atoms with Crippen LogP contribution in [0.1, 0.15) is 42.1 Å². The van der Waals surface area contributed by atoms with Gasteiger partial charge in [0.05, 0.1) is 12.2 Å². The molecule has 0 aliphatic heterocycles. The van der Waals surface area contributed by atoms with Crippen molar-refractivity contribution in [2.24, 2.45) is 0 Å². The lowest BCUT2D eigenvalue weighted by Crippen LogP contribution is -2.25. The molecule has 0 saturated carbocycles. The van der Waals surface area contributed by atoms with Gasteiger partial charge in [-0.1, -0.05) is 25.2 Å². The molecule has 1 amide bonds. The molecular formula is C15H18FNO2. The molecule has 0 bridgehead atoms. The number of carbonyl (C=O) groups excluding carboxylic acids is 1. The topological polar surface area (TPSA) is 49.3 Å². The van der Waals surface area contributed by atoms with Crippen LogP contribution in [0.2, 0.25) is 0 Å². The van der Waals surface area contributed by atoms with Gasteiger partial charge in [0.2, 0.25) is 0 Å². The van der Waals surface area contributed by atoms with E-state index >= 15 is 0 Å². The first-order valence-electron chi connectivity index (χ1n) is 6.36. The van der Waals surface area contributed by atoms with Crippen molar-refractivity contribution in [1.29, 1.82) is 0 Å². The zero-order valence-electron chi connectivity index (χ0n) is 11.0. The molecule has 0 aliphatic rings. The maximum absolute atomic E-state index is 13.7. The molecule has 0 saturated heterocycles. The summed E-state index contributed by atoms with van der Waals surface area (Å²) >= 11 is 0. The van der Waals surface area contributed by atoms with Crippen LogP contribution in [0.4, 0.5) is 4.39 Å². The minimum Gasteiger partial charge on any atom is -0.395 e. The third-order valence-corrected chi connectivity index (χ3v) is 2.50. The first-order chi connectivity index (χ1) is 9.19. The first-order valence-corrected chi connectivity index (χ1v) is 6.36. The maximum Gasteiger partial charge on any atom is 0.254 e. The summed E-state index contributed by atoms with van der Waals surface area (Å²) in [4.78, 5) is 11.7. The number of amides is 1. The highest BCUT2D eigenvalue weighted by atomic mass is 19.1. The lowest BCUT2D eigenvalue weighted by atomic mass is 10.1. The quantitative estimate of drug-likeness (QED) is 0.631. The van der Waals surface area contributed by atoms with Crippen LogP contribution in [-0.2, 0) is 0 Å². The van der Waals surface area contributed by atoms with Crippen molar-refractivity contribution in [2.75, 3.05) is 13.2 Å². The lowest BCUT2D eigenvalue weighted by molar-refractivity contribution is 0.0949. The first kappa shape index (κ1) is 15.2. The molecule has 0 heterocycles. The smallest absolute Gasteiger partial charge is 0.254 e. The second-order valence-electron chi connectivity index (χ2n) is 4.08. The van der Waals surface area contributed by atoms with E-state index in [1.54, 1.807) is 6.07 Å². The van der Waals surface area contributed by atoms with Gasteiger partial charge in [-0.05, 0) is 24.6 Å². The van der Waals surface area contributed by atoms with Crippen molar-refractivity contribution >= 4 is 5.91 Å². The van der Waals surface area contributed by atoms with Gasteiger partial charge in [0.25, 0.3) is 5.91 Å². The molecule has 0 unspecified atom stereocenters. The summed E-state index contributed by atoms with van der Waals surface area (Å²) in [6.07, 6.45) is 2.20. The Labute approximate surface area is 112 Å². The van der Waals surface area contributed by atoms with Crippen LogP contribution in [0.15, 0.2) is 18.2 Å². The second kappa shape index (κ2) is 8.28. The largest absolute Gasteiger partial charge is 0.395 e. The van der Waals surface area contributed by atoms with Gasteiger partial charge in [0.1, 0.15) is 5.82 Å². The SMILES string of the molecule is CCCCNC(=O)c1ccc(C#CCCO)cc1F. The fourth-order valence-electron chi connectivity index (χ4n) is 1.47. The Kier molecular flexibility index (Phi) is 6.62. The third kappa shape index (κ3) is 5.11. The average Bonchev–Trinajstić information content (AvgIpc) is 2.39. The normalized spacial score (nSPS) is 9.63. The Morgan fingerprint density at radius 3 is 2.89 bits per heavy atom. The van der Waals surface area contributed by atoms with Crippen LogP contribution >= 0.6 is 0 Å². The number of unbranched alkanes of at least 4 members (excludes halogenated alkanes) is 1. The number of aliphatic hydroxyl groups is 1. The Bertz CT molecular complexity index is 489. The summed E-state index contributed by atoms with van der Waals surface area (Å²) in [5.74, 6) is 4.44. The van der Waals surface area contributed by atoms with Gasteiger partial charge in [-0.3, -0.25) is 4.79 Å². The molecule has 0 aliphatic carbocycles. The molecule has 0 aromatic heterocycles. The van der Waals surface area contributed by atoms with Gasteiger partial charge < -0.3 is 10.4 Å². The molecule has 0 spiro atoms. The third-order valence-electron chi connectivity index (χ3n) is 2.50. The summed E-state index contributed by atoms with van der Waals surface area (Å²) in [7, 11) is 0. The molecule has 4 heteroatoms. The van der Waals surface area contributed by atoms with Gasteiger partial charge in [-0.15, -0.1) is 0 Å². The van der Waals surface area contributed by atoms with E-state index in [1.807, 2.05) is 6.92 Å². The van der Waals surface area contributed by atoms with Crippen LogP contribution < -0.4 is 5.32 Å². The van der Waals surface area contributed by atoms with E-state index in [-0.39, 0.29) is 12.2 Å². The van der Waals surface area contributed by atoms with Crippen molar-refractivity contribution in [3.05, 3.63) is 35.1 Å². The van der Waals surface area contributed by atoms with Crippen LogP contribution in [0.3, 0.4) is 0 Å². The number of aliphatic hydroxyl groups excluding tert-OH is 1. The molecule has 2 N–H and O–H groups in total. The van der Waals surface area contributed by atoms with Crippen molar-refractivity contribution < 1.29 is 14.3 Å². The van der Waals surface area contributed by atoms with Gasteiger partial charge in [0, 0.05) is 18.5 Å². The van der Waals surface area contributed by atoms with Crippen LogP contribution in [0.5, 0.6) is 0 Å². The number of nitrogens with one attached hydrogen (secondary N) is 1. The van der Waals surface area contributed by atoms with Gasteiger partial charge in [0.15, 0.2) is 0 Å². The standard InChI is InChI=1S/C15H18FNO2/c1-2-3-9-17-15(19)13-8-7-12(11-14(13)16)6-4-5-10-18/h7-8,11,18H,2-3,5,9-10H2,1H3,(H,17,19). The van der Waals surface area contributed by atoms with Gasteiger partial charge in [-0.2, -0.15) is 0 Å². The highest BCUT2D eigenvalue weighted by Crippen LogP contribution is 2.10. The molecule has 0 atom stereocenters. The number of hydrogen-bond acceptors (Lipinski definition) is 2. The number of halogens is 1. The minimum atomic E-state index is -0.579. The molecular weight excluding hydrogens is 245 g/mol. The Balaban J connectivity index is 2.72. The maximum atomic E-state index is 13.7. The van der Waals surface area contributed by atoms with E-state index in [9.17, 15) is 9.18 Å². The van der Waals surface area contributed by atoms with E-state index in [4.69, 9.17) is 5.11 Å². The molecule has 3 nitrogen and oxygen atoms in total. The molecule has 19 heavy (non-hydrogen) atoms. The van der Waals surface area contributed by atoms with Crippen LogP contribution in [0.25, 0.3) is 0 Å². The monoisotopic (exact) mass is 263 g/mol. The second-order valence-corrected chi connectivity index (χ2v) is 4.08. The van der Waals surface area contributed by atoms with E-state index in [0.717, 1.165) is 12.8 Å². The minimum absolute atomic E-state index is 0.0204. The predicted molar refractivity (Wildman–Crippen MR) is 72.2 cm³/mol. The fraction of sp³-hybridized carbons (Fsp3) is 0.400. The molecule has 102 valence electrons. The number of hydrogen-bond donors (Lipinski definition) is 2. The lowest BCUT2D eigenvalue weighted by Gasteiger charge is -2.05. The fourth-order valence-corrected chi connectivity index (χ4v) is 1.47. The van der Waals surface area contributed by atoms with Crippen molar-refractivity contribution in [3.8, 4) is 11.8 Å². The summed E-state index contributed by atoms with van der Waals surface area (Å²) in [5.41, 5.74) is 0.528. The zero-order chi connectivity index (χ0) is 14.1. The molecule has 1 aromatic carbocycles. The summed E-state index contributed by atoms with van der Waals surface area (Å²) in [6.45, 7) is 2.55. The Morgan fingerprint density at radius 1 is 1.47 bits per heavy atom. The van der Waals surface area contributed by atoms with Crippen molar-refractivity contribution in [2.45, 2.75) is 26.2 Å². The molecule has 1 aromatic rings. The summed E-state index contributed by atoms with van der Waals surface area (Å²) in [6, 6.07) is 4.26. The van der Waals surface area contributed by atoms with E-state index in [1.165, 1.54) is 12.1 Å². The Morgan fingerprint density at radius 2 is 2.26 bits per heavy atom. The van der Waals surface area contributed by atoms with Crippen LogP contribution in [0, 0.1) is 17.7 Å². The highest BCUT2D eigenvalue weighted by Gasteiger charge is 2.10. The summed E-state index contributed by atoms with van der Waals surface area (Å²) in [5, 5.41) is 11.3. The number of rotatable bonds is 5. The van der Waals surface area contributed by atoms with E-state index < -0.39 is 11.7 Å². The van der Waals surface area contributed by atoms with Crippen LogP contribution in [-0.4, -0.2) is 24.2 Å². The molecule has 0 radical (unpaired) electrons. The van der Waals surface area contributed by atoms with Gasteiger partial charge >= 0.3 is 0 Å². The van der Waals surface area contributed by atoms with Gasteiger partial charge in [-0.25, -0.2) is 4.39 Å². The van der Waals surface area contributed by atoms with Crippen molar-refractivity contribution in [1.82, 2.24) is 5.32 Å². The number of carbonyl (C=O) groups is 1. The van der Waals surface area contributed by atoms with E-state index in [2.05, 4.69) is 17.2 Å². The average molecular weight is 263 g/mol. The highest BCUT2D eigenvalue weighted by molar-refractivity contribution is 5.94. The molecule has 0 fully saturated rings. The summed E-state index contributed by atoms with van der Waals surface area (Å²) < 4.78 is 13.7. The molecule has 1 rings (SSSR count). The van der Waals surface area contributed by atoms with E-state index in [0.29, 0.717) is 18.5 Å². The zero-order valence-corrected chi connectivity index (χ0v) is 11.0. The van der Waals surface area contributed by atoms with Crippen molar-refractivity contribution in [3.63, 3.8) is 0 Å².